The highest BCUT2D eigenvalue weighted by Gasteiger charge is 2.25. The molecule has 3 N–H and O–H groups in total. The van der Waals surface area contributed by atoms with E-state index in [1.807, 2.05) is 32.8 Å². The van der Waals surface area contributed by atoms with E-state index in [2.05, 4.69) is 4.72 Å². The zero-order valence-electron chi connectivity index (χ0n) is 12.5. The molecule has 0 aliphatic rings. The number of likely N-dealkylation sites (N-methyl/N-ethyl adjacent to an activating group) is 1. The number of hydrogen-bond acceptors (Lipinski definition) is 4. The Morgan fingerprint density at radius 2 is 1.90 bits per heavy atom. The van der Waals surface area contributed by atoms with Crippen molar-refractivity contribution in [2.24, 2.45) is 0 Å². The first-order chi connectivity index (χ1) is 8.97. The molecule has 0 spiro atoms. The van der Waals surface area contributed by atoms with E-state index in [9.17, 15) is 8.42 Å². The SMILES string of the molecule is Cc1c(N)cc(Cl)cc1S(=O)(=O)NCC(C)(C)N(C)C. The normalized spacial score (nSPS) is 12.9. The van der Waals surface area contributed by atoms with Crippen LogP contribution < -0.4 is 10.5 Å². The number of hydrogen-bond donors (Lipinski definition) is 2. The fourth-order valence-corrected chi connectivity index (χ4v) is 3.25. The molecule has 0 atom stereocenters. The van der Waals surface area contributed by atoms with Crippen LogP contribution >= 0.6 is 11.6 Å². The van der Waals surface area contributed by atoms with Crippen molar-refractivity contribution in [1.29, 1.82) is 0 Å². The molecule has 0 radical (unpaired) electrons. The number of halogens is 1. The van der Waals surface area contributed by atoms with Crippen molar-refractivity contribution in [3.05, 3.63) is 22.7 Å². The number of anilines is 1. The van der Waals surface area contributed by atoms with Gasteiger partial charge in [0.05, 0.1) is 4.90 Å². The lowest BCUT2D eigenvalue weighted by molar-refractivity contribution is 0.199. The summed E-state index contributed by atoms with van der Waals surface area (Å²) in [6.07, 6.45) is 0. The fourth-order valence-electron chi connectivity index (χ4n) is 1.46. The monoisotopic (exact) mass is 319 g/mol. The third-order valence-electron chi connectivity index (χ3n) is 3.56. The summed E-state index contributed by atoms with van der Waals surface area (Å²) in [5, 5.41) is 0.306. The molecule has 0 fully saturated rings. The Bertz CT molecular complexity index is 598. The molecule has 1 aromatic carbocycles. The van der Waals surface area contributed by atoms with Crippen molar-refractivity contribution >= 4 is 27.3 Å². The molecule has 0 aromatic heterocycles. The van der Waals surface area contributed by atoms with E-state index >= 15 is 0 Å². The van der Waals surface area contributed by atoms with Crippen molar-refractivity contribution in [2.45, 2.75) is 31.2 Å². The van der Waals surface area contributed by atoms with Crippen LogP contribution in [0.3, 0.4) is 0 Å². The Hall–Kier alpha value is -0.820. The molecule has 0 amide bonds. The molecule has 0 saturated heterocycles. The average molecular weight is 320 g/mol. The van der Waals surface area contributed by atoms with Gasteiger partial charge < -0.3 is 10.6 Å². The minimum Gasteiger partial charge on any atom is -0.398 e. The molecule has 0 saturated carbocycles. The van der Waals surface area contributed by atoms with Crippen LogP contribution in [0.5, 0.6) is 0 Å². The number of rotatable bonds is 5. The van der Waals surface area contributed by atoms with E-state index in [4.69, 9.17) is 17.3 Å². The van der Waals surface area contributed by atoms with E-state index < -0.39 is 10.0 Å². The average Bonchev–Trinajstić information content (AvgIpc) is 2.31. The van der Waals surface area contributed by atoms with E-state index in [0.29, 0.717) is 16.3 Å². The number of nitrogen functional groups attached to an aromatic ring is 1. The van der Waals surface area contributed by atoms with Gasteiger partial charge in [0.15, 0.2) is 0 Å². The van der Waals surface area contributed by atoms with Crippen molar-refractivity contribution in [3.8, 4) is 0 Å². The molecule has 7 heteroatoms. The molecule has 20 heavy (non-hydrogen) atoms. The minimum absolute atomic E-state index is 0.122. The van der Waals surface area contributed by atoms with Crippen LogP contribution in [-0.2, 0) is 10.0 Å². The second-order valence-electron chi connectivity index (χ2n) is 5.65. The summed E-state index contributed by atoms with van der Waals surface area (Å²) < 4.78 is 27.4. The van der Waals surface area contributed by atoms with Gasteiger partial charge in [-0.1, -0.05) is 11.6 Å². The lowest BCUT2D eigenvalue weighted by Crippen LogP contribution is -2.48. The molecule has 0 aliphatic carbocycles. The summed E-state index contributed by atoms with van der Waals surface area (Å²) in [7, 11) is 0.156. The predicted octanol–water partition coefficient (Wildman–Crippen LogP) is 1.85. The maximum Gasteiger partial charge on any atom is 0.241 e. The largest absolute Gasteiger partial charge is 0.398 e. The van der Waals surface area contributed by atoms with Gasteiger partial charge in [0.25, 0.3) is 0 Å². The summed E-state index contributed by atoms with van der Waals surface area (Å²) in [6.45, 7) is 5.86. The van der Waals surface area contributed by atoms with Gasteiger partial charge in [-0.05, 0) is 52.6 Å². The fraction of sp³-hybridized carbons (Fsp3) is 0.538. The molecule has 0 bridgehead atoms. The first kappa shape index (κ1) is 17.2. The van der Waals surface area contributed by atoms with E-state index in [1.165, 1.54) is 6.07 Å². The molecule has 1 rings (SSSR count). The van der Waals surface area contributed by atoms with Gasteiger partial charge in [-0.15, -0.1) is 0 Å². The quantitative estimate of drug-likeness (QED) is 0.812. The van der Waals surface area contributed by atoms with Gasteiger partial charge in [-0.2, -0.15) is 0 Å². The van der Waals surface area contributed by atoms with Crippen molar-refractivity contribution in [3.63, 3.8) is 0 Å². The summed E-state index contributed by atoms with van der Waals surface area (Å²) in [6, 6.07) is 2.96. The van der Waals surface area contributed by atoms with Gasteiger partial charge in [-0.25, -0.2) is 13.1 Å². The maximum atomic E-state index is 12.4. The smallest absolute Gasteiger partial charge is 0.241 e. The number of nitrogens with one attached hydrogen (secondary N) is 1. The third kappa shape index (κ3) is 3.85. The molecule has 5 nitrogen and oxygen atoms in total. The Morgan fingerprint density at radius 3 is 2.40 bits per heavy atom. The van der Waals surface area contributed by atoms with Gasteiger partial charge in [0.1, 0.15) is 0 Å². The van der Waals surface area contributed by atoms with Crippen LogP contribution in [0, 0.1) is 6.92 Å². The molecule has 0 unspecified atom stereocenters. The number of nitrogens with two attached hydrogens (primary N) is 1. The van der Waals surface area contributed by atoms with Crippen LogP contribution in [0.15, 0.2) is 17.0 Å². The number of benzene rings is 1. The zero-order valence-corrected chi connectivity index (χ0v) is 14.1. The Kier molecular flexibility index (Phi) is 5.08. The molecule has 0 aliphatic heterocycles. The summed E-state index contributed by atoms with van der Waals surface area (Å²) in [4.78, 5) is 2.08. The molecular weight excluding hydrogens is 298 g/mol. The standard InChI is InChI=1S/C13H22ClN3O2S/c1-9-11(15)6-10(14)7-12(9)20(18,19)16-8-13(2,3)17(4)5/h6-7,16H,8,15H2,1-5H3. The summed E-state index contributed by atoms with van der Waals surface area (Å²) >= 11 is 5.89. The van der Waals surface area contributed by atoms with Gasteiger partial charge in [0, 0.05) is 22.8 Å². The highest BCUT2D eigenvalue weighted by atomic mass is 35.5. The third-order valence-corrected chi connectivity index (χ3v) is 5.31. The van der Waals surface area contributed by atoms with Crippen LogP contribution in [0.25, 0.3) is 0 Å². The first-order valence-corrected chi connectivity index (χ1v) is 8.06. The molecule has 114 valence electrons. The van der Waals surface area contributed by atoms with E-state index in [0.717, 1.165) is 0 Å². The lowest BCUT2D eigenvalue weighted by atomic mass is 10.1. The van der Waals surface area contributed by atoms with Crippen molar-refractivity contribution in [1.82, 2.24) is 9.62 Å². The number of nitrogens with zero attached hydrogens (tertiary/aromatic N) is 1. The van der Waals surface area contributed by atoms with Crippen LogP contribution in [0.2, 0.25) is 5.02 Å². The molecule has 1 aromatic rings. The van der Waals surface area contributed by atoms with Crippen LogP contribution in [0.1, 0.15) is 19.4 Å². The summed E-state index contributed by atoms with van der Waals surface area (Å²) in [5.41, 5.74) is 6.33. The van der Waals surface area contributed by atoms with Crippen molar-refractivity contribution in [2.75, 3.05) is 26.4 Å². The lowest BCUT2D eigenvalue weighted by Gasteiger charge is -2.32. The maximum absolute atomic E-state index is 12.4. The Labute approximate surface area is 126 Å². The van der Waals surface area contributed by atoms with Gasteiger partial charge in [-0.3, -0.25) is 0 Å². The second kappa shape index (κ2) is 5.89. The zero-order chi connectivity index (χ0) is 15.7. The highest BCUT2D eigenvalue weighted by molar-refractivity contribution is 7.89. The van der Waals surface area contributed by atoms with Crippen LogP contribution in [0.4, 0.5) is 5.69 Å². The van der Waals surface area contributed by atoms with E-state index in [-0.39, 0.29) is 17.0 Å². The number of sulfonamides is 1. The van der Waals surface area contributed by atoms with Gasteiger partial charge >= 0.3 is 0 Å². The summed E-state index contributed by atoms with van der Waals surface area (Å²) in [5.74, 6) is 0. The van der Waals surface area contributed by atoms with Gasteiger partial charge in [0.2, 0.25) is 10.0 Å². The Morgan fingerprint density at radius 1 is 1.35 bits per heavy atom. The first-order valence-electron chi connectivity index (χ1n) is 6.20. The molecule has 0 heterocycles. The molecular formula is C13H22ClN3O2S. The predicted molar refractivity (Wildman–Crippen MR) is 83.6 cm³/mol. The van der Waals surface area contributed by atoms with Crippen LogP contribution in [-0.4, -0.2) is 39.5 Å². The highest BCUT2D eigenvalue weighted by Crippen LogP contribution is 2.26. The Balaban J connectivity index is 3.07. The second-order valence-corrected chi connectivity index (χ2v) is 7.82. The topological polar surface area (TPSA) is 75.4 Å². The van der Waals surface area contributed by atoms with E-state index in [1.54, 1.807) is 13.0 Å². The minimum atomic E-state index is -3.64. The van der Waals surface area contributed by atoms with Crippen molar-refractivity contribution < 1.29 is 8.42 Å².